The molecule has 4 aromatic rings. The number of benzene rings is 4. The number of rotatable bonds is 10. The highest BCUT2D eigenvalue weighted by molar-refractivity contribution is 5.95. The van der Waals surface area contributed by atoms with Gasteiger partial charge in [0.2, 0.25) is 0 Å². The maximum Gasteiger partial charge on any atom is 0.162 e. The van der Waals surface area contributed by atoms with Crippen molar-refractivity contribution in [3.8, 4) is 17.2 Å². The van der Waals surface area contributed by atoms with Gasteiger partial charge >= 0.3 is 0 Å². The summed E-state index contributed by atoms with van der Waals surface area (Å²) in [5, 5.41) is 0. The van der Waals surface area contributed by atoms with Crippen molar-refractivity contribution < 1.29 is 19.0 Å². The number of hydrogen-bond acceptors (Lipinski definition) is 4. The van der Waals surface area contributed by atoms with Crippen molar-refractivity contribution >= 4 is 17.9 Å². The van der Waals surface area contributed by atoms with E-state index in [1.807, 2.05) is 103 Å². The van der Waals surface area contributed by atoms with Gasteiger partial charge in [0.1, 0.15) is 19.0 Å². The van der Waals surface area contributed by atoms with Crippen LogP contribution in [0.4, 0.5) is 0 Å². The van der Waals surface area contributed by atoms with E-state index in [4.69, 9.17) is 14.2 Å². The molecule has 176 valence electrons. The number of Topliss-reactive ketones (excluding diaryl/α,β-unsaturated/α-hetero) is 1. The molecule has 0 aliphatic rings. The second-order valence-corrected chi connectivity index (χ2v) is 8.14. The topological polar surface area (TPSA) is 44.8 Å². The Balaban J connectivity index is 1.52. The van der Waals surface area contributed by atoms with Crippen LogP contribution in [0.2, 0.25) is 0 Å². The van der Waals surface area contributed by atoms with E-state index in [1.165, 1.54) is 0 Å². The largest absolute Gasteiger partial charge is 0.493 e. The van der Waals surface area contributed by atoms with Gasteiger partial charge in [0.05, 0.1) is 7.11 Å². The molecule has 0 atom stereocenters. The van der Waals surface area contributed by atoms with E-state index in [0.29, 0.717) is 36.0 Å². The molecule has 0 aromatic heterocycles. The highest BCUT2D eigenvalue weighted by Gasteiger charge is 2.07. The van der Waals surface area contributed by atoms with Crippen molar-refractivity contribution in [1.82, 2.24) is 0 Å². The van der Waals surface area contributed by atoms with Gasteiger partial charge in [-0.25, -0.2) is 0 Å². The number of carbonyl (C=O) groups is 1. The zero-order chi connectivity index (χ0) is 24.5. The molecule has 0 heterocycles. The Labute approximate surface area is 206 Å². The normalized spacial score (nSPS) is 10.8. The van der Waals surface area contributed by atoms with Gasteiger partial charge in [0.15, 0.2) is 17.3 Å². The second kappa shape index (κ2) is 11.7. The second-order valence-electron chi connectivity index (χ2n) is 8.14. The number of ketones is 1. The van der Waals surface area contributed by atoms with Gasteiger partial charge in [0, 0.05) is 5.56 Å². The van der Waals surface area contributed by atoms with Gasteiger partial charge in [-0.2, -0.15) is 0 Å². The van der Waals surface area contributed by atoms with Crippen LogP contribution in [0, 0.1) is 0 Å². The minimum Gasteiger partial charge on any atom is -0.493 e. The van der Waals surface area contributed by atoms with E-state index in [9.17, 15) is 4.79 Å². The highest BCUT2D eigenvalue weighted by Crippen LogP contribution is 2.30. The van der Waals surface area contributed by atoms with E-state index < -0.39 is 0 Å². The van der Waals surface area contributed by atoms with Gasteiger partial charge in [-0.1, -0.05) is 78.9 Å². The maximum atomic E-state index is 12.1. The van der Waals surface area contributed by atoms with Crippen LogP contribution in [0.3, 0.4) is 0 Å². The van der Waals surface area contributed by atoms with Crippen molar-refractivity contribution in [2.24, 2.45) is 0 Å². The molecule has 0 radical (unpaired) electrons. The molecule has 0 N–H and O–H groups in total. The smallest absolute Gasteiger partial charge is 0.162 e. The fraction of sp³-hybridized carbons (Fsp3) is 0.129. The molecule has 0 unspecified atom stereocenters. The molecule has 0 spiro atoms. The summed E-state index contributed by atoms with van der Waals surface area (Å²) >= 11 is 0. The Bertz CT molecular complexity index is 1290. The molecule has 0 saturated carbocycles. The molecular weight excluding hydrogens is 436 g/mol. The molecule has 4 heteroatoms. The van der Waals surface area contributed by atoms with Gasteiger partial charge in [0.25, 0.3) is 0 Å². The first-order valence-corrected chi connectivity index (χ1v) is 11.5. The molecule has 0 aliphatic carbocycles. The Morgan fingerprint density at radius 3 is 1.94 bits per heavy atom. The van der Waals surface area contributed by atoms with Crippen LogP contribution < -0.4 is 14.2 Å². The average Bonchev–Trinajstić information content (AvgIpc) is 2.90. The minimum atomic E-state index is -0.00847. The Kier molecular flexibility index (Phi) is 7.97. The zero-order valence-electron chi connectivity index (χ0n) is 19.9. The fourth-order valence-corrected chi connectivity index (χ4v) is 3.58. The SMILES string of the molecule is COc1ccc(/C=C/c2cc(OCc3ccccc3)cc(C(C)=O)c2)cc1OCc1ccccc1. The monoisotopic (exact) mass is 464 g/mol. The number of ether oxygens (including phenoxy) is 3. The number of hydrogen-bond donors (Lipinski definition) is 0. The first-order valence-electron chi connectivity index (χ1n) is 11.5. The molecule has 4 rings (SSSR count). The predicted molar refractivity (Wildman–Crippen MR) is 140 cm³/mol. The third-order valence-corrected chi connectivity index (χ3v) is 5.48. The Hall–Kier alpha value is -4.31. The molecule has 4 nitrogen and oxygen atoms in total. The van der Waals surface area contributed by atoms with E-state index in [2.05, 4.69) is 0 Å². The van der Waals surface area contributed by atoms with Crippen LogP contribution in [0.15, 0.2) is 97.1 Å². The first kappa shape index (κ1) is 23.8. The van der Waals surface area contributed by atoms with Gasteiger partial charge < -0.3 is 14.2 Å². The summed E-state index contributed by atoms with van der Waals surface area (Å²) in [5.74, 6) is 1.99. The fourth-order valence-electron chi connectivity index (χ4n) is 3.58. The summed E-state index contributed by atoms with van der Waals surface area (Å²) in [7, 11) is 1.63. The number of methoxy groups -OCH3 is 1. The minimum absolute atomic E-state index is 0.00847. The lowest BCUT2D eigenvalue weighted by atomic mass is 10.1. The molecule has 35 heavy (non-hydrogen) atoms. The third kappa shape index (κ3) is 6.84. The van der Waals surface area contributed by atoms with E-state index in [1.54, 1.807) is 20.1 Å². The van der Waals surface area contributed by atoms with Crippen LogP contribution in [-0.4, -0.2) is 12.9 Å². The zero-order valence-corrected chi connectivity index (χ0v) is 19.9. The summed E-state index contributed by atoms with van der Waals surface area (Å²) in [6, 6.07) is 31.3. The summed E-state index contributed by atoms with van der Waals surface area (Å²) in [5.41, 5.74) is 4.59. The van der Waals surface area contributed by atoms with E-state index in [0.717, 1.165) is 22.3 Å². The van der Waals surface area contributed by atoms with E-state index in [-0.39, 0.29) is 5.78 Å². The summed E-state index contributed by atoms with van der Waals surface area (Å²) in [6.07, 6.45) is 3.94. The molecule has 0 saturated heterocycles. The number of carbonyl (C=O) groups excluding carboxylic acids is 1. The predicted octanol–water partition coefficient (Wildman–Crippen LogP) is 7.23. The average molecular weight is 465 g/mol. The summed E-state index contributed by atoms with van der Waals surface area (Å²) < 4.78 is 17.5. The van der Waals surface area contributed by atoms with Crippen molar-refractivity contribution in [3.63, 3.8) is 0 Å². The van der Waals surface area contributed by atoms with E-state index >= 15 is 0 Å². The molecule has 0 aliphatic heterocycles. The first-order chi connectivity index (χ1) is 17.1. The summed E-state index contributed by atoms with van der Waals surface area (Å²) in [6.45, 7) is 2.45. The molecular formula is C31H28O4. The van der Waals surface area contributed by atoms with Gasteiger partial charge in [-0.15, -0.1) is 0 Å². The lowest BCUT2D eigenvalue weighted by molar-refractivity contribution is 0.101. The molecule has 0 fully saturated rings. The van der Waals surface area contributed by atoms with Gasteiger partial charge in [-0.3, -0.25) is 4.79 Å². The standard InChI is InChI=1S/C31H28O4/c1-23(32)28-17-27(18-29(20-28)34-21-25-9-5-3-6-10-25)14-13-24-15-16-30(33-2)31(19-24)35-22-26-11-7-4-8-12-26/h3-20H,21-22H2,1-2H3/b14-13+. The lowest BCUT2D eigenvalue weighted by Crippen LogP contribution is -1.99. The Morgan fingerprint density at radius 2 is 1.31 bits per heavy atom. The van der Waals surface area contributed by atoms with Crippen molar-refractivity contribution in [2.45, 2.75) is 20.1 Å². The quantitative estimate of drug-likeness (QED) is 0.183. The molecule has 0 bridgehead atoms. The van der Waals surface area contributed by atoms with Crippen LogP contribution in [-0.2, 0) is 13.2 Å². The maximum absolute atomic E-state index is 12.1. The summed E-state index contributed by atoms with van der Waals surface area (Å²) in [4.78, 5) is 12.1. The third-order valence-electron chi connectivity index (χ3n) is 5.48. The van der Waals surface area contributed by atoms with Crippen molar-refractivity contribution in [1.29, 1.82) is 0 Å². The lowest BCUT2D eigenvalue weighted by Gasteiger charge is -2.12. The Morgan fingerprint density at radius 1 is 0.686 bits per heavy atom. The molecule has 4 aromatic carbocycles. The van der Waals surface area contributed by atoms with Crippen LogP contribution in [0.5, 0.6) is 17.2 Å². The van der Waals surface area contributed by atoms with Crippen LogP contribution >= 0.6 is 0 Å². The van der Waals surface area contributed by atoms with Crippen molar-refractivity contribution in [2.75, 3.05) is 7.11 Å². The molecule has 0 amide bonds. The van der Waals surface area contributed by atoms with Crippen molar-refractivity contribution in [3.05, 3.63) is 125 Å². The highest BCUT2D eigenvalue weighted by atomic mass is 16.5. The van der Waals surface area contributed by atoms with Gasteiger partial charge in [-0.05, 0) is 59.5 Å². The van der Waals surface area contributed by atoms with Crippen LogP contribution in [0.1, 0.15) is 39.5 Å². The van der Waals surface area contributed by atoms with Crippen LogP contribution in [0.25, 0.3) is 12.2 Å².